The van der Waals surface area contributed by atoms with Gasteiger partial charge in [0.15, 0.2) is 0 Å². The van der Waals surface area contributed by atoms with E-state index in [2.05, 4.69) is 10.3 Å². The SMILES string of the molecule is C[C@@H](C=O)NOC(=O)OC(C)(C)C. The molecule has 0 aromatic rings. The smallest absolute Gasteiger partial charge is 0.427 e. The lowest BCUT2D eigenvalue weighted by Gasteiger charge is -2.18. The van der Waals surface area contributed by atoms with E-state index in [0.717, 1.165) is 0 Å². The quantitative estimate of drug-likeness (QED) is 0.408. The van der Waals surface area contributed by atoms with Gasteiger partial charge in [-0.3, -0.25) is 0 Å². The molecular formula is C8H15NO4. The summed E-state index contributed by atoms with van der Waals surface area (Å²) in [7, 11) is 0. The van der Waals surface area contributed by atoms with E-state index < -0.39 is 17.8 Å². The van der Waals surface area contributed by atoms with E-state index in [-0.39, 0.29) is 0 Å². The van der Waals surface area contributed by atoms with Crippen molar-refractivity contribution in [2.24, 2.45) is 0 Å². The Bertz CT molecular complexity index is 185. The van der Waals surface area contributed by atoms with E-state index >= 15 is 0 Å². The van der Waals surface area contributed by atoms with Crippen LogP contribution in [0.5, 0.6) is 0 Å². The van der Waals surface area contributed by atoms with E-state index in [1.165, 1.54) is 0 Å². The van der Waals surface area contributed by atoms with Gasteiger partial charge in [-0.2, -0.15) is 0 Å². The Morgan fingerprint density at radius 2 is 2.00 bits per heavy atom. The zero-order valence-electron chi connectivity index (χ0n) is 8.29. The van der Waals surface area contributed by atoms with Crippen LogP contribution in [0.2, 0.25) is 0 Å². The Kier molecular flexibility index (Phi) is 4.40. The molecule has 13 heavy (non-hydrogen) atoms. The standard InChI is InChI=1S/C8H15NO4/c1-6(5-10)9-13-7(11)12-8(2,3)4/h5-6,9H,1-4H3/t6-/m0/s1. The molecule has 0 radical (unpaired) electrons. The van der Waals surface area contributed by atoms with Crippen LogP contribution in [-0.4, -0.2) is 24.1 Å². The Balaban J connectivity index is 3.70. The first-order chi connectivity index (χ1) is 5.85. The van der Waals surface area contributed by atoms with Crippen molar-refractivity contribution in [2.45, 2.75) is 39.3 Å². The molecule has 76 valence electrons. The highest BCUT2D eigenvalue weighted by Gasteiger charge is 2.17. The molecule has 1 N–H and O–H groups in total. The molecule has 5 nitrogen and oxygen atoms in total. The molecule has 0 spiro atoms. The van der Waals surface area contributed by atoms with Crippen molar-refractivity contribution in [3.05, 3.63) is 0 Å². The number of rotatable bonds is 3. The van der Waals surface area contributed by atoms with Crippen molar-refractivity contribution in [3.63, 3.8) is 0 Å². The van der Waals surface area contributed by atoms with E-state index in [1.807, 2.05) is 0 Å². The van der Waals surface area contributed by atoms with Gasteiger partial charge in [0.05, 0.1) is 6.04 Å². The minimum atomic E-state index is -0.846. The molecule has 0 saturated carbocycles. The first-order valence-corrected chi connectivity index (χ1v) is 3.96. The van der Waals surface area contributed by atoms with E-state index in [1.54, 1.807) is 27.7 Å². The van der Waals surface area contributed by atoms with Gasteiger partial charge in [-0.05, 0) is 27.7 Å². The molecule has 0 bridgehead atoms. The lowest BCUT2D eigenvalue weighted by Crippen LogP contribution is -2.33. The minimum Gasteiger partial charge on any atom is -0.427 e. The molecule has 0 rings (SSSR count). The molecule has 0 heterocycles. The van der Waals surface area contributed by atoms with Crippen LogP contribution in [0.15, 0.2) is 0 Å². The average Bonchev–Trinajstić information content (AvgIpc) is 1.97. The number of aldehydes is 1. The topological polar surface area (TPSA) is 64.6 Å². The fraction of sp³-hybridized carbons (Fsp3) is 0.750. The minimum absolute atomic E-state index is 0.535. The Hall–Kier alpha value is -1.10. The summed E-state index contributed by atoms with van der Waals surface area (Å²) < 4.78 is 4.79. The number of hydroxylamine groups is 1. The van der Waals surface area contributed by atoms with Gasteiger partial charge in [-0.1, -0.05) is 0 Å². The highest BCUT2D eigenvalue weighted by Crippen LogP contribution is 2.07. The molecule has 5 heteroatoms. The van der Waals surface area contributed by atoms with Crippen LogP contribution in [0, 0.1) is 0 Å². The van der Waals surface area contributed by atoms with Crippen molar-refractivity contribution in [2.75, 3.05) is 0 Å². The maximum atomic E-state index is 10.9. The van der Waals surface area contributed by atoms with Crippen molar-refractivity contribution in [3.8, 4) is 0 Å². The summed E-state index contributed by atoms with van der Waals surface area (Å²) >= 11 is 0. The predicted octanol–water partition coefficient (Wildman–Crippen LogP) is 1.03. The second kappa shape index (κ2) is 4.81. The highest BCUT2D eigenvalue weighted by molar-refractivity contribution is 5.61. The first kappa shape index (κ1) is 11.9. The van der Waals surface area contributed by atoms with Crippen LogP contribution in [0.1, 0.15) is 27.7 Å². The lowest BCUT2D eigenvalue weighted by molar-refractivity contribution is -0.112. The highest BCUT2D eigenvalue weighted by atomic mass is 16.8. The summed E-state index contributed by atoms with van der Waals surface area (Å²) in [6.45, 7) is 6.71. The first-order valence-electron chi connectivity index (χ1n) is 3.96. The predicted molar refractivity (Wildman–Crippen MR) is 46.0 cm³/mol. The van der Waals surface area contributed by atoms with Gasteiger partial charge in [0.1, 0.15) is 11.9 Å². The van der Waals surface area contributed by atoms with Crippen LogP contribution in [0.4, 0.5) is 4.79 Å². The molecule has 0 aromatic carbocycles. The maximum Gasteiger partial charge on any atom is 0.528 e. The number of nitrogens with one attached hydrogen (secondary N) is 1. The van der Waals surface area contributed by atoms with Gasteiger partial charge in [0.2, 0.25) is 0 Å². The zero-order chi connectivity index (χ0) is 10.5. The summed E-state index contributed by atoms with van der Waals surface area (Å²) in [5.41, 5.74) is 1.62. The van der Waals surface area contributed by atoms with E-state index in [4.69, 9.17) is 4.74 Å². The fourth-order valence-electron chi connectivity index (χ4n) is 0.440. The third-order valence-corrected chi connectivity index (χ3v) is 0.922. The summed E-state index contributed by atoms with van der Waals surface area (Å²) in [5, 5.41) is 0. The molecule has 0 unspecified atom stereocenters. The Morgan fingerprint density at radius 3 is 2.38 bits per heavy atom. The largest absolute Gasteiger partial charge is 0.528 e. The zero-order valence-corrected chi connectivity index (χ0v) is 8.29. The van der Waals surface area contributed by atoms with Crippen molar-refractivity contribution in [1.29, 1.82) is 0 Å². The second-order valence-corrected chi connectivity index (χ2v) is 3.61. The van der Waals surface area contributed by atoms with Crippen molar-refractivity contribution in [1.82, 2.24) is 5.48 Å². The maximum absolute atomic E-state index is 10.9. The Morgan fingerprint density at radius 1 is 1.46 bits per heavy atom. The van der Waals surface area contributed by atoms with Crippen LogP contribution < -0.4 is 5.48 Å². The van der Waals surface area contributed by atoms with Gasteiger partial charge < -0.3 is 14.4 Å². The molecule has 1 atom stereocenters. The molecular weight excluding hydrogens is 174 g/mol. The normalized spacial score (nSPS) is 13.2. The van der Waals surface area contributed by atoms with Gasteiger partial charge in [-0.25, -0.2) is 4.79 Å². The number of carbonyl (C=O) groups excluding carboxylic acids is 2. The molecule has 0 amide bonds. The third kappa shape index (κ3) is 7.27. The van der Waals surface area contributed by atoms with Crippen molar-refractivity contribution < 1.29 is 19.2 Å². The fourth-order valence-corrected chi connectivity index (χ4v) is 0.440. The Labute approximate surface area is 77.3 Å². The monoisotopic (exact) mass is 189 g/mol. The van der Waals surface area contributed by atoms with Gasteiger partial charge in [0, 0.05) is 0 Å². The van der Waals surface area contributed by atoms with Gasteiger partial charge in [0.25, 0.3) is 0 Å². The molecule has 0 fully saturated rings. The van der Waals surface area contributed by atoms with Crippen LogP contribution >= 0.6 is 0 Å². The van der Waals surface area contributed by atoms with Crippen LogP contribution in [-0.2, 0) is 14.4 Å². The number of hydrogen-bond donors (Lipinski definition) is 1. The summed E-state index contributed by atoms with van der Waals surface area (Å²) in [6.07, 6.45) is -0.231. The average molecular weight is 189 g/mol. The molecule has 0 aromatic heterocycles. The summed E-state index contributed by atoms with van der Waals surface area (Å²) in [6, 6.07) is -0.535. The second-order valence-electron chi connectivity index (χ2n) is 3.61. The van der Waals surface area contributed by atoms with Crippen LogP contribution in [0.3, 0.4) is 0 Å². The van der Waals surface area contributed by atoms with Gasteiger partial charge >= 0.3 is 6.16 Å². The lowest BCUT2D eigenvalue weighted by atomic mass is 10.2. The summed E-state index contributed by atoms with van der Waals surface area (Å²) in [4.78, 5) is 25.4. The molecule has 0 aliphatic carbocycles. The molecule has 0 aliphatic rings. The molecule has 0 saturated heterocycles. The van der Waals surface area contributed by atoms with Crippen LogP contribution in [0.25, 0.3) is 0 Å². The molecule has 0 aliphatic heterocycles. The van der Waals surface area contributed by atoms with Gasteiger partial charge in [-0.15, -0.1) is 5.48 Å². The van der Waals surface area contributed by atoms with Crippen molar-refractivity contribution >= 4 is 12.4 Å². The number of hydrogen-bond acceptors (Lipinski definition) is 5. The number of ether oxygens (including phenoxy) is 1. The number of carbonyl (C=O) groups is 2. The summed E-state index contributed by atoms with van der Waals surface area (Å²) in [5.74, 6) is 0. The van der Waals surface area contributed by atoms with E-state index in [9.17, 15) is 9.59 Å². The third-order valence-electron chi connectivity index (χ3n) is 0.922. The van der Waals surface area contributed by atoms with E-state index in [0.29, 0.717) is 6.29 Å².